The van der Waals surface area contributed by atoms with Gasteiger partial charge in [-0.25, -0.2) is 8.78 Å². The van der Waals surface area contributed by atoms with Gasteiger partial charge >= 0.3 is 0 Å². The third-order valence-corrected chi connectivity index (χ3v) is 2.92. The molecule has 2 heterocycles. The summed E-state index contributed by atoms with van der Waals surface area (Å²) in [5, 5.41) is 0. The molecule has 0 saturated carbocycles. The summed E-state index contributed by atoms with van der Waals surface area (Å²) >= 11 is 0. The van der Waals surface area contributed by atoms with Crippen LogP contribution in [0.2, 0.25) is 0 Å². The second kappa shape index (κ2) is 4.45. The standard InChI is InChI=1S/C12H16F2N2/c1-2-10-3-5-15-11(7-10)8-16-6-4-12(13,14)9-16/h3,5,7H,2,4,6,8-9H2,1H3. The van der Waals surface area contributed by atoms with Gasteiger partial charge in [0.25, 0.3) is 5.92 Å². The fourth-order valence-electron chi connectivity index (χ4n) is 2.01. The van der Waals surface area contributed by atoms with Crippen molar-refractivity contribution in [1.82, 2.24) is 9.88 Å². The van der Waals surface area contributed by atoms with Crippen LogP contribution in [0.4, 0.5) is 8.78 Å². The summed E-state index contributed by atoms with van der Waals surface area (Å²) in [7, 11) is 0. The summed E-state index contributed by atoms with van der Waals surface area (Å²) < 4.78 is 26.0. The molecular formula is C12H16F2N2. The smallest absolute Gasteiger partial charge is 0.261 e. The van der Waals surface area contributed by atoms with E-state index >= 15 is 0 Å². The zero-order valence-electron chi connectivity index (χ0n) is 9.42. The molecule has 1 aromatic rings. The number of aromatic nitrogens is 1. The molecule has 1 aromatic heterocycles. The quantitative estimate of drug-likeness (QED) is 0.787. The number of likely N-dealkylation sites (tertiary alicyclic amines) is 1. The number of pyridine rings is 1. The maximum atomic E-state index is 13.0. The number of alkyl halides is 2. The summed E-state index contributed by atoms with van der Waals surface area (Å²) in [6.07, 6.45) is 2.68. The van der Waals surface area contributed by atoms with Gasteiger partial charge in [-0.15, -0.1) is 0 Å². The van der Waals surface area contributed by atoms with Crippen LogP contribution in [0, 0.1) is 0 Å². The number of nitrogens with zero attached hydrogens (tertiary/aromatic N) is 2. The van der Waals surface area contributed by atoms with Gasteiger partial charge in [0.1, 0.15) is 0 Å². The molecule has 88 valence electrons. The van der Waals surface area contributed by atoms with E-state index in [-0.39, 0.29) is 13.0 Å². The number of hydrogen-bond acceptors (Lipinski definition) is 2. The van der Waals surface area contributed by atoms with Crippen LogP contribution in [-0.2, 0) is 13.0 Å². The Morgan fingerprint density at radius 1 is 1.50 bits per heavy atom. The second-order valence-electron chi connectivity index (χ2n) is 4.33. The van der Waals surface area contributed by atoms with Crippen LogP contribution in [0.1, 0.15) is 24.6 Å². The highest BCUT2D eigenvalue weighted by Crippen LogP contribution is 2.27. The van der Waals surface area contributed by atoms with Gasteiger partial charge in [0, 0.05) is 25.7 Å². The first-order valence-electron chi connectivity index (χ1n) is 5.63. The largest absolute Gasteiger partial charge is 0.291 e. The zero-order valence-corrected chi connectivity index (χ0v) is 9.42. The molecular weight excluding hydrogens is 210 g/mol. The summed E-state index contributed by atoms with van der Waals surface area (Å²) in [6.45, 7) is 2.93. The summed E-state index contributed by atoms with van der Waals surface area (Å²) in [6, 6.07) is 3.96. The van der Waals surface area contributed by atoms with E-state index in [2.05, 4.69) is 11.9 Å². The zero-order chi connectivity index (χ0) is 11.6. The second-order valence-corrected chi connectivity index (χ2v) is 4.33. The third kappa shape index (κ3) is 2.76. The van der Waals surface area contributed by atoms with Crippen molar-refractivity contribution in [2.24, 2.45) is 0 Å². The first-order valence-corrected chi connectivity index (χ1v) is 5.63. The third-order valence-electron chi connectivity index (χ3n) is 2.92. The maximum Gasteiger partial charge on any atom is 0.261 e. The average molecular weight is 226 g/mol. The molecule has 0 spiro atoms. The Kier molecular flexibility index (Phi) is 3.19. The maximum absolute atomic E-state index is 13.0. The minimum Gasteiger partial charge on any atom is -0.291 e. The lowest BCUT2D eigenvalue weighted by Gasteiger charge is -2.15. The molecule has 0 amide bonds. The van der Waals surface area contributed by atoms with Crippen molar-refractivity contribution in [3.63, 3.8) is 0 Å². The fraction of sp³-hybridized carbons (Fsp3) is 0.583. The predicted octanol–water partition coefficient (Wildman–Crippen LogP) is 2.49. The van der Waals surface area contributed by atoms with E-state index in [1.165, 1.54) is 5.56 Å². The molecule has 16 heavy (non-hydrogen) atoms. The normalized spacial score (nSPS) is 20.2. The van der Waals surface area contributed by atoms with Crippen molar-refractivity contribution >= 4 is 0 Å². The van der Waals surface area contributed by atoms with Crippen molar-refractivity contribution in [1.29, 1.82) is 0 Å². The lowest BCUT2D eigenvalue weighted by Crippen LogP contribution is -2.25. The molecule has 4 heteroatoms. The van der Waals surface area contributed by atoms with Gasteiger partial charge < -0.3 is 0 Å². The summed E-state index contributed by atoms with van der Waals surface area (Å²) in [5.41, 5.74) is 2.09. The molecule has 0 aliphatic carbocycles. The van der Waals surface area contributed by atoms with Crippen molar-refractivity contribution in [3.05, 3.63) is 29.6 Å². The van der Waals surface area contributed by atoms with Gasteiger partial charge in [-0.2, -0.15) is 0 Å². The monoisotopic (exact) mass is 226 g/mol. The van der Waals surface area contributed by atoms with Crippen LogP contribution in [0.5, 0.6) is 0 Å². The van der Waals surface area contributed by atoms with E-state index in [1.807, 2.05) is 12.1 Å². The topological polar surface area (TPSA) is 16.1 Å². The van der Waals surface area contributed by atoms with E-state index in [9.17, 15) is 8.78 Å². The molecule has 1 aliphatic heterocycles. The highest BCUT2D eigenvalue weighted by molar-refractivity contribution is 5.16. The predicted molar refractivity (Wildman–Crippen MR) is 58.5 cm³/mol. The number of rotatable bonds is 3. The van der Waals surface area contributed by atoms with Crippen LogP contribution in [-0.4, -0.2) is 28.9 Å². The van der Waals surface area contributed by atoms with Gasteiger partial charge in [-0.1, -0.05) is 6.92 Å². The molecule has 1 aliphatic rings. The van der Waals surface area contributed by atoms with Gasteiger partial charge in [-0.3, -0.25) is 9.88 Å². The molecule has 0 atom stereocenters. The van der Waals surface area contributed by atoms with E-state index in [1.54, 1.807) is 11.1 Å². The summed E-state index contributed by atoms with van der Waals surface area (Å²) in [4.78, 5) is 5.98. The molecule has 2 rings (SSSR count). The summed E-state index contributed by atoms with van der Waals surface area (Å²) in [5.74, 6) is -2.51. The SMILES string of the molecule is CCc1ccnc(CN2CCC(F)(F)C2)c1. The van der Waals surface area contributed by atoms with Crippen molar-refractivity contribution < 1.29 is 8.78 Å². The van der Waals surface area contributed by atoms with Crippen LogP contribution >= 0.6 is 0 Å². The first kappa shape index (κ1) is 11.5. The van der Waals surface area contributed by atoms with Gasteiger partial charge in [0.05, 0.1) is 12.2 Å². The van der Waals surface area contributed by atoms with E-state index in [4.69, 9.17) is 0 Å². The lowest BCUT2D eigenvalue weighted by atomic mass is 10.2. The highest BCUT2D eigenvalue weighted by atomic mass is 19.3. The minimum atomic E-state index is -2.51. The number of aryl methyl sites for hydroxylation is 1. The Balaban J connectivity index is 1.99. The molecule has 2 nitrogen and oxygen atoms in total. The van der Waals surface area contributed by atoms with E-state index in [0.29, 0.717) is 13.1 Å². The van der Waals surface area contributed by atoms with Gasteiger partial charge in [0.2, 0.25) is 0 Å². The highest BCUT2D eigenvalue weighted by Gasteiger charge is 2.37. The average Bonchev–Trinajstić information content (AvgIpc) is 2.58. The number of halogens is 2. The minimum absolute atomic E-state index is 0.0273. The molecule has 0 N–H and O–H groups in total. The van der Waals surface area contributed by atoms with Crippen LogP contribution < -0.4 is 0 Å². The molecule has 0 aromatic carbocycles. The molecule has 1 fully saturated rings. The van der Waals surface area contributed by atoms with Crippen molar-refractivity contribution in [3.8, 4) is 0 Å². The number of hydrogen-bond donors (Lipinski definition) is 0. The van der Waals surface area contributed by atoms with E-state index in [0.717, 1.165) is 12.1 Å². The lowest BCUT2D eigenvalue weighted by molar-refractivity contribution is 0.0114. The van der Waals surface area contributed by atoms with Gasteiger partial charge in [0.15, 0.2) is 0 Å². The van der Waals surface area contributed by atoms with Crippen molar-refractivity contribution in [2.45, 2.75) is 32.2 Å². The Bertz CT molecular complexity index is 366. The van der Waals surface area contributed by atoms with Gasteiger partial charge in [-0.05, 0) is 24.1 Å². The Morgan fingerprint density at radius 3 is 2.94 bits per heavy atom. The molecule has 0 unspecified atom stereocenters. The molecule has 0 bridgehead atoms. The van der Waals surface area contributed by atoms with Crippen LogP contribution in [0.3, 0.4) is 0 Å². The molecule has 1 saturated heterocycles. The Morgan fingerprint density at radius 2 is 2.31 bits per heavy atom. The van der Waals surface area contributed by atoms with E-state index < -0.39 is 5.92 Å². The first-order chi connectivity index (χ1) is 7.59. The van der Waals surface area contributed by atoms with Crippen LogP contribution in [0.15, 0.2) is 18.3 Å². The molecule has 0 radical (unpaired) electrons. The van der Waals surface area contributed by atoms with Crippen molar-refractivity contribution in [2.75, 3.05) is 13.1 Å². The Labute approximate surface area is 94.3 Å². The Hall–Kier alpha value is -1.03. The van der Waals surface area contributed by atoms with Crippen LogP contribution in [0.25, 0.3) is 0 Å². The fourth-order valence-corrected chi connectivity index (χ4v) is 2.01.